The Balaban J connectivity index is 2.25. The van der Waals surface area contributed by atoms with Crippen LogP contribution in [0.1, 0.15) is 52.9 Å². The minimum Gasteiger partial charge on any atom is -0.378 e. The summed E-state index contributed by atoms with van der Waals surface area (Å²) in [5.41, 5.74) is -0.0658. The molecule has 1 N–H and O–H groups in total. The van der Waals surface area contributed by atoms with Gasteiger partial charge >= 0.3 is 0 Å². The number of rotatable bonds is 8. The summed E-state index contributed by atoms with van der Waals surface area (Å²) in [5, 5.41) is 4.10. The second-order valence-electron chi connectivity index (χ2n) is 5.52. The second kappa shape index (κ2) is 7.49. The minimum absolute atomic E-state index is 0.0658. The van der Waals surface area contributed by atoms with E-state index in [0.29, 0.717) is 18.4 Å². The van der Waals surface area contributed by atoms with Crippen LogP contribution in [0.5, 0.6) is 0 Å². The van der Waals surface area contributed by atoms with Crippen LogP contribution in [0.4, 0.5) is 0 Å². The van der Waals surface area contributed by atoms with Crippen molar-refractivity contribution in [1.29, 1.82) is 0 Å². The number of carbonyl (C=O) groups excluding carboxylic acids is 1. The van der Waals surface area contributed by atoms with E-state index in [9.17, 15) is 4.79 Å². The Bertz CT molecular complexity index is 267. The van der Waals surface area contributed by atoms with Crippen LogP contribution in [0, 0.1) is 5.92 Å². The molecule has 0 aromatic heterocycles. The molecule has 0 saturated heterocycles. The molecule has 18 heavy (non-hydrogen) atoms. The fourth-order valence-corrected chi connectivity index (χ4v) is 3.27. The molecule has 1 fully saturated rings. The van der Waals surface area contributed by atoms with E-state index < -0.39 is 0 Å². The van der Waals surface area contributed by atoms with Gasteiger partial charge < -0.3 is 10.1 Å². The summed E-state index contributed by atoms with van der Waals surface area (Å²) in [4.78, 5) is 12.0. The first-order valence-electron chi connectivity index (χ1n) is 7.01. The summed E-state index contributed by atoms with van der Waals surface area (Å²) >= 11 is 3.45. The first-order chi connectivity index (χ1) is 8.53. The molecule has 0 aliphatic heterocycles. The summed E-state index contributed by atoms with van der Waals surface area (Å²) in [7, 11) is 0. The van der Waals surface area contributed by atoms with Crippen molar-refractivity contribution < 1.29 is 9.53 Å². The number of nitrogens with one attached hydrogen (secondary N) is 1. The minimum atomic E-state index is -0.0658. The lowest BCUT2D eigenvalue weighted by atomic mass is 9.79. The SMILES string of the molecule is CCOC1CC(CC(=O)NC(C)(CC)CCBr)C1. The molecule has 0 spiro atoms. The summed E-state index contributed by atoms with van der Waals surface area (Å²) in [6.45, 7) is 7.04. The van der Waals surface area contributed by atoms with Crippen LogP contribution in [-0.2, 0) is 9.53 Å². The van der Waals surface area contributed by atoms with E-state index in [0.717, 1.165) is 37.6 Å². The number of hydrogen-bond acceptors (Lipinski definition) is 2. The predicted molar refractivity (Wildman–Crippen MR) is 78.0 cm³/mol. The van der Waals surface area contributed by atoms with E-state index in [1.165, 1.54) is 0 Å². The highest BCUT2D eigenvalue weighted by Crippen LogP contribution is 2.32. The van der Waals surface area contributed by atoms with Gasteiger partial charge in [0, 0.05) is 23.9 Å². The monoisotopic (exact) mass is 319 g/mol. The van der Waals surface area contributed by atoms with E-state index in [2.05, 4.69) is 35.1 Å². The van der Waals surface area contributed by atoms with Gasteiger partial charge in [-0.05, 0) is 45.4 Å². The number of ether oxygens (including phenoxy) is 1. The lowest BCUT2D eigenvalue weighted by molar-refractivity contribution is -0.126. The molecule has 1 rings (SSSR count). The van der Waals surface area contributed by atoms with E-state index >= 15 is 0 Å². The summed E-state index contributed by atoms with van der Waals surface area (Å²) in [6.07, 6.45) is 5.08. The average molecular weight is 320 g/mol. The number of halogens is 1. The molecule has 1 aliphatic carbocycles. The Morgan fingerprint density at radius 1 is 1.44 bits per heavy atom. The normalized spacial score (nSPS) is 26.2. The highest BCUT2D eigenvalue weighted by molar-refractivity contribution is 9.09. The molecule has 0 bridgehead atoms. The summed E-state index contributed by atoms with van der Waals surface area (Å²) in [6, 6.07) is 0. The number of amides is 1. The molecule has 3 nitrogen and oxygen atoms in total. The Kier molecular flexibility index (Phi) is 6.64. The van der Waals surface area contributed by atoms with Gasteiger partial charge in [0.25, 0.3) is 0 Å². The van der Waals surface area contributed by atoms with Crippen LogP contribution in [-0.4, -0.2) is 29.5 Å². The van der Waals surface area contributed by atoms with Gasteiger partial charge in [-0.1, -0.05) is 22.9 Å². The number of alkyl halides is 1. The zero-order chi connectivity index (χ0) is 13.6. The van der Waals surface area contributed by atoms with Crippen LogP contribution in [0.3, 0.4) is 0 Å². The molecule has 1 aliphatic rings. The van der Waals surface area contributed by atoms with Crippen molar-refractivity contribution in [1.82, 2.24) is 5.32 Å². The number of carbonyl (C=O) groups is 1. The Morgan fingerprint density at radius 3 is 2.61 bits per heavy atom. The van der Waals surface area contributed by atoms with Crippen LogP contribution in [0.15, 0.2) is 0 Å². The van der Waals surface area contributed by atoms with Gasteiger partial charge in [-0.25, -0.2) is 0 Å². The number of hydrogen-bond donors (Lipinski definition) is 1. The van der Waals surface area contributed by atoms with E-state index in [1.807, 2.05) is 6.92 Å². The van der Waals surface area contributed by atoms with Crippen molar-refractivity contribution in [3.05, 3.63) is 0 Å². The maximum Gasteiger partial charge on any atom is 0.220 e. The first-order valence-corrected chi connectivity index (χ1v) is 8.13. The highest BCUT2D eigenvalue weighted by Gasteiger charge is 2.32. The molecule has 4 heteroatoms. The molecular weight excluding hydrogens is 294 g/mol. The zero-order valence-corrected chi connectivity index (χ0v) is 13.4. The molecule has 0 heterocycles. The van der Waals surface area contributed by atoms with E-state index in [-0.39, 0.29) is 11.4 Å². The van der Waals surface area contributed by atoms with Gasteiger partial charge in [-0.15, -0.1) is 0 Å². The van der Waals surface area contributed by atoms with Crippen molar-refractivity contribution in [2.24, 2.45) is 5.92 Å². The third-order valence-corrected chi connectivity index (χ3v) is 4.33. The maximum absolute atomic E-state index is 12.0. The van der Waals surface area contributed by atoms with Crippen molar-refractivity contribution in [3.8, 4) is 0 Å². The fourth-order valence-electron chi connectivity index (χ4n) is 2.40. The van der Waals surface area contributed by atoms with Crippen molar-refractivity contribution in [3.63, 3.8) is 0 Å². The smallest absolute Gasteiger partial charge is 0.220 e. The van der Waals surface area contributed by atoms with Crippen LogP contribution in [0.2, 0.25) is 0 Å². The quantitative estimate of drug-likeness (QED) is 0.697. The lowest BCUT2D eigenvalue weighted by Crippen LogP contribution is -2.47. The van der Waals surface area contributed by atoms with Gasteiger partial charge in [-0.2, -0.15) is 0 Å². The van der Waals surface area contributed by atoms with Crippen molar-refractivity contribution in [2.45, 2.75) is 64.5 Å². The van der Waals surface area contributed by atoms with Crippen LogP contribution < -0.4 is 5.32 Å². The van der Waals surface area contributed by atoms with Gasteiger partial charge in [0.2, 0.25) is 5.91 Å². The topological polar surface area (TPSA) is 38.3 Å². The summed E-state index contributed by atoms with van der Waals surface area (Å²) in [5.74, 6) is 0.715. The molecular formula is C14H26BrNO2. The first kappa shape index (κ1) is 16.0. The molecule has 1 atom stereocenters. The lowest BCUT2D eigenvalue weighted by Gasteiger charge is -2.36. The molecule has 1 unspecified atom stereocenters. The van der Waals surface area contributed by atoms with Crippen LogP contribution >= 0.6 is 15.9 Å². The second-order valence-corrected chi connectivity index (χ2v) is 6.31. The highest BCUT2D eigenvalue weighted by atomic mass is 79.9. The van der Waals surface area contributed by atoms with Gasteiger partial charge in [0.1, 0.15) is 0 Å². The van der Waals surface area contributed by atoms with Gasteiger partial charge in [0.05, 0.1) is 6.10 Å². The fraction of sp³-hybridized carbons (Fsp3) is 0.929. The molecule has 0 radical (unpaired) electrons. The third kappa shape index (κ3) is 4.88. The summed E-state index contributed by atoms with van der Waals surface area (Å²) < 4.78 is 5.51. The largest absolute Gasteiger partial charge is 0.378 e. The molecule has 1 saturated carbocycles. The van der Waals surface area contributed by atoms with Crippen molar-refractivity contribution in [2.75, 3.05) is 11.9 Å². The molecule has 0 aromatic rings. The third-order valence-electron chi connectivity index (χ3n) is 3.94. The van der Waals surface area contributed by atoms with Crippen LogP contribution in [0.25, 0.3) is 0 Å². The standard InChI is InChI=1S/C14H26BrNO2/c1-4-14(3,6-7-15)16-13(17)10-11-8-12(9-11)18-5-2/h11-12H,4-10H2,1-3H3,(H,16,17). The van der Waals surface area contributed by atoms with Gasteiger partial charge in [-0.3, -0.25) is 4.79 Å². The molecule has 106 valence electrons. The van der Waals surface area contributed by atoms with Gasteiger partial charge in [0.15, 0.2) is 0 Å². The Morgan fingerprint density at radius 2 is 2.11 bits per heavy atom. The molecule has 0 aromatic carbocycles. The van der Waals surface area contributed by atoms with E-state index in [4.69, 9.17) is 4.74 Å². The average Bonchev–Trinajstić information content (AvgIpc) is 2.26. The maximum atomic E-state index is 12.0. The Labute approximate surface area is 119 Å². The Hall–Kier alpha value is -0.0900. The predicted octanol–water partition coefficient (Wildman–Crippen LogP) is 3.26. The molecule has 1 amide bonds. The van der Waals surface area contributed by atoms with Crippen molar-refractivity contribution >= 4 is 21.8 Å². The van der Waals surface area contributed by atoms with E-state index in [1.54, 1.807) is 0 Å². The zero-order valence-electron chi connectivity index (χ0n) is 11.8.